The van der Waals surface area contributed by atoms with E-state index in [4.69, 9.17) is 4.98 Å². The van der Waals surface area contributed by atoms with Crippen LogP contribution in [-0.2, 0) is 9.84 Å². The lowest BCUT2D eigenvalue weighted by molar-refractivity contribution is 0.598. The molecule has 0 radical (unpaired) electrons. The normalized spacial score (nSPS) is 14.8. The molecule has 1 aliphatic heterocycles. The van der Waals surface area contributed by atoms with Crippen molar-refractivity contribution < 1.29 is 8.42 Å². The van der Waals surface area contributed by atoms with Crippen LogP contribution in [0.5, 0.6) is 0 Å². The number of nitrogens with zero attached hydrogens (tertiary/aromatic N) is 1. The van der Waals surface area contributed by atoms with Gasteiger partial charge in [-0.3, -0.25) is 4.98 Å². The van der Waals surface area contributed by atoms with Crippen molar-refractivity contribution in [3.05, 3.63) is 60.3 Å². The van der Waals surface area contributed by atoms with Gasteiger partial charge in [0.05, 0.1) is 23.6 Å². The number of sulfone groups is 1. The van der Waals surface area contributed by atoms with Crippen LogP contribution in [0, 0.1) is 0 Å². The standard InChI is InChI=1S/C23H25NO2SSi/c1-15(2)19-14-24-20(13-23(19)28(3,4)5)16-10-11-22-18(12-16)17-8-6-7-9-21(17)27(22,25)26/h6-15H,1-5H3. The summed E-state index contributed by atoms with van der Waals surface area (Å²) in [4.78, 5) is 5.52. The van der Waals surface area contributed by atoms with Gasteiger partial charge in [-0.05, 0) is 35.7 Å². The third-order valence-electron chi connectivity index (χ3n) is 5.40. The fraction of sp³-hybridized carbons (Fsp3) is 0.261. The van der Waals surface area contributed by atoms with Gasteiger partial charge < -0.3 is 0 Å². The molecular weight excluding hydrogens is 382 g/mol. The van der Waals surface area contributed by atoms with Gasteiger partial charge in [-0.1, -0.05) is 62.9 Å². The summed E-state index contributed by atoms with van der Waals surface area (Å²) in [6, 6.07) is 15.0. The van der Waals surface area contributed by atoms with Crippen LogP contribution in [0.15, 0.2) is 64.5 Å². The van der Waals surface area contributed by atoms with Crippen LogP contribution in [0.2, 0.25) is 19.6 Å². The third kappa shape index (κ3) is 2.93. The van der Waals surface area contributed by atoms with Crippen molar-refractivity contribution in [2.24, 2.45) is 0 Å². The summed E-state index contributed by atoms with van der Waals surface area (Å²) in [7, 11) is -4.97. The monoisotopic (exact) mass is 407 g/mol. The number of aromatic nitrogens is 1. The molecule has 3 nitrogen and oxygen atoms in total. The molecule has 0 spiro atoms. The lowest BCUT2D eigenvalue weighted by atomic mass is 10.00. The summed E-state index contributed by atoms with van der Waals surface area (Å²) in [5, 5.41) is 1.42. The zero-order valence-corrected chi connectivity index (χ0v) is 18.8. The van der Waals surface area contributed by atoms with Crippen molar-refractivity contribution in [2.45, 2.75) is 49.2 Å². The van der Waals surface area contributed by atoms with Gasteiger partial charge in [-0.25, -0.2) is 8.42 Å². The summed E-state index contributed by atoms with van der Waals surface area (Å²) in [5.41, 5.74) is 4.74. The summed E-state index contributed by atoms with van der Waals surface area (Å²) in [6.45, 7) is 11.5. The first kappa shape index (κ1) is 19.1. The minimum atomic E-state index is -3.43. The van der Waals surface area contributed by atoms with E-state index in [0.717, 1.165) is 22.4 Å². The van der Waals surface area contributed by atoms with Gasteiger partial charge in [0.1, 0.15) is 0 Å². The van der Waals surface area contributed by atoms with E-state index >= 15 is 0 Å². The van der Waals surface area contributed by atoms with E-state index in [9.17, 15) is 8.42 Å². The Morgan fingerprint density at radius 2 is 1.57 bits per heavy atom. The Bertz CT molecular complexity index is 1190. The highest BCUT2D eigenvalue weighted by molar-refractivity contribution is 7.92. The van der Waals surface area contributed by atoms with Crippen molar-refractivity contribution in [3.8, 4) is 22.4 Å². The fourth-order valence-electron chi connectivity index (χ4n) is 3.91. The van der Waals surface area contributed by atoms with Crippen LogP contribution < -0.4 is 5.19 Å². The average molecular weight is 408 g/mol. The second-order valence-electron chi connectivity index (χ2n) is 8.77. The Morgan fingerprint density at radius 3 is 2.25 bits per heavy atom. The maximum atomic E-state index is 12.8. The number of benzene rings is 2. The van der Waals surface area contributed by atoms with Gasteiger partial charge in [0, 0.05) is 22.9 Å². The molecule has 0 N–H and O–H groups in total. The highest BCUT2D eigenvalue weighted by Crippen LogP contribution is 2.44. The average Bonchev–Trinajstić information content (AvgIpc) is 2.88. The van der Waals surface area contributed by atoms with E-state index in [2.05, 4.69) is 39.6 Å². The van der Waals surface area contributed by atoms with Crippen molar-refractivity contribution in [1.82, 2.24) is 4.98 Å². The van der Waals surface area contributed by atoms with Crippen molar-refractivity contribution in [2.75, 3.05) is 0 Å². The lowest BCUT2D eigenvalue weighted by Gasteiger charge is -2.23. The van der Waals surface area contributed by atoms with Crippen LogP contribution >= 0.6 is 0 Å². The van der Waals surface area contributed by atoms with E-state index in [1.165, 1.54) is 10.8 Å². The molecule has 5 heteroatoms. The van der Waals surface area contributed by atoms with Gasteiger partial charge in [0.2, 0.25) is 9.84 Å². The molecule has 1 aliphatic rings. The lowest BCUT2D eigenvalue weighted by Crippen LogP contribution is -2.40. The van der Waals surface area contributed by atoms with Crippen LogP contribution in [0.3, 0.4) is 0 Å². The minimum absolute atomic E-state index is 0.390. The van der Waals surface area contributed by atoms with E-state index < -0.39 is 17.9 Å². The predicted octanol–water partition coefficient (Wildman–Crippen LogP) is 5.23. The smallest absolute Gasteiger partial charge is 0.207 e. The van der Waals surface area contributed by atoms with Gasteiger partial charge in [-0.15, -0.1) is 0 Å². The molecule has 144 valence electrons. The first-order chi connectivity index (χ1) is 13.1. The van der Waals surface area contributed by atoms with Crippen molar-refractivity contribution in [1.29, 1.82) is 0 Å². The Balaban J connectivity index is 1.91. The number of pyridine rings is 1. The Morgan fingerprint density at radius 1 is 0.893 bits per heavy atom. The summed E-state index contributed by atoms with van der Waals surface area (Å²) in [5.74, 6) is 0.431. The van der Waals surface area contributed by atoms with Crippen LogP contribution in [0.4, 0.5) is 0 Å². The predicted molar refractivity (Wildman–Crippen MR) is 118 cm³/mol. The molecule has 1 aromatic heterocycles. The molecule has 0 saturated carbocycles. The molecule has 28 heavy (non-hydrogen) atoms. The molecule has 4 rings (SSSR count). The summed E-state index contributed by atoms with van der Waals surface area (Å²) >= 11 is 0. The molecule has 0 saturated heterocycles. The highest BCUT2D eigenvalue weighted by atomic mass is 32.2. The molecule has 0 amide bonds. The molecule has 0 fully saturated rings. The van der Waals surface area contributed by atoms with Crippen LogP contribution in [-0.4, -0.2) is 21.5 Å². The van der Waals surface area contributed by atoms with E-state index in [1.807, 2.05) is 30.5 Å². The van der Waals surface area contributed by atoms with E-state index in [1.54, 1.807) is 18.2 Å². The molecule has 3 aromatic rings. The number of hydrogen-bond acceptors (Lipinski definition) is 3. The van der Waals surface area contributed by atoms with Gasteiger partial charge >= 0.3 is 0 Å². The second kappa shape index (κ2) is 6.39. The zero-order valence-electron chi connectivity index (χ0n) is 16.9. The van der Waals surface area contributed by atoms with E-state index in [-0.39, 0.29) is 0 Å². The Labute approximate surface area is 168 Å². The Kier molecular flexibility index (Phi) is 4.36. The second-order valence-corrected chi connectivity index (χ2v) is 15.7. The molecular formula is C23H25NO2SSi. The van der Waals surface area contributed by atoms with Gasteiger partial charge in [-0.2, -0.15) is 0 Å². The SMILES string of the molecule is CC(C)c1cnc(-c2ccc3c(c2)-c2ccccc2S3(=O)=O)cc1[Si](C)(C)C. The van der Waals surface area contributed by atoms with E-state index in [0.29, 0.717) is 15.7 Å². The maximum Gasteiger partial charge on any atom is 0.207 e. The highest BCUT2D eigenvalue weighted by Gasteiger charge is 2.32. The van der Waals surface area contributed by atoms with Gasteiger partial charge in [0.25, 0.3) is 0 Å². The van der Waals surface area contributed by atoms with Crippen LogP contribution in [0.25, 0.3) is 22.4 Å². The zero-order chi connectivity index (χ0) is 20.3. The molecule has 0 unspecified atom stereocenters. The van der Waals surface area contributed by atoms with Crippen LogP contribution in [0.1, 0.15) is 25.3 Å². The fourth-order valence-corrected chi connectivity index (χ4v) is 7.37. The number of rotatable bonds is 3. The molecule has 0 bridgehead atoms. The molecule has 2 heterocycles. The molecule has 0 aliphatic carbocycles. The van der Waals surface area contributed by atoms with Crippen molar-refractivity contribution >= 4 is 23.1 Å². The number of fused-ring (bicyclic) bond motifs is 3. The van der Waals surface area contributed by atoms with Crippen molar-refractivity contribution in [3.63, 3.8) is 0 Å². The quantitative estimate of drug-likeness (QED) is 0.437. The molecule has 0 atom stereocenters. The number of hydrogen-bond donors (Lipinski definition) is 0. The first-order valence-corrected chi connectivity index (χ1v) is 14.6. The van der Waals surface area contributed by atoms with Gasteiger partial charge in [0.15, 0.2) is 0 Å². The molecule has 2 aromatic carbocycles. The minimum Gasteiger partial charge on any atom is -0.256 e. The largest absolute Gasteiger partial charge is 0.256 e. The Hall–Kier alpha value is -2.24. The topological polar surface area (TPSA) is 47.0 Å². The summed E-state index contributed by atoms with van der Waals surface area (Å²) in [6.07, 6.45) is 2.01. The maximum absolute atomic E-state index is 12.8. The first-order valence-electron chi connectivity index (χ1n) is 9.60. The summed E-state index contributed by atoms with van der Waals surface area (Å²) < 4.78 is 25.6. The third-order valence-corrected chi connectivity index (χ3v) is 9.32.